The molecule has 1 atom stereocenters. The number of ether oxygens (including phenoxy) is 1. The Hall–Kier alpha value is -3.35. The molecule has 0 aliphatic carbocycles. The normalized spacial score (nSPS) is 20.2. The van der Waals surface area contributed by atoms with Gasteiger partial charge in [-0.1, -0.05) is 12.1 Å². The van der Waals surface area contributed by atoms with Crippen LogP contribution in [0.15, 0.2) is 53.6 Å². The number of rotatable bonds is 4. The van der Waals surface area contributed by atoms with Gasteiger partial charge in [0.25, 0.3) is 5.91 Å². The summed E-state index contributed by atoms with van der Waals surface area (Å²) in [5, 5.41) is 16.7. The van der Waals surface area contributed by atoms with Crippen LogP contribution in [0.3, 0.4) is 0 Å². The Morgan fingerprint density at radius 1 is 1.12 bits per heavy atom. The molecule has 0 bridgehead atoms. The summed E-state index contributed by atoms with van der Waals surface area (Å²) in [6, 6.07) is 12.5. The van der Waals surface area contributed by atoms with E-state index in [1.807, 2.05) is 0 Å². The molecule has 2 aromatic carbocycles. The third kappa shape index (κ3) is 3.03. The van der Waals surface area contributed by atoms with Crippen LogP contribution >= 0.6 is 0 Å². The summed E-state index contributed by atoms with van der Waals surface area (Å²) in [4.78, 5) is 24.9. The van der Waals surface area contributed by atoms with Gasteiger partial charge in [-0.2, -0.15) is 5.10 Å². The van der Waals surface area contributed by atoms with Crippen LogP contribution in [-0.4, -0.2) is 35.4 Å². The number of hydrazone groups is 1. The van der Waals surface area contributed by atoms with Crippen LogP contribution in [0.1, 0.15) is 18.1 Å². The van der Waals surface area contributed by atoms with Gasteiger partial charge in [0.1, 0.15) is 17.0 Å². The van der Waals surface area contributed by atoms with Gasteiger partial charge in [0.2, 0.25) is 0 Å². The lowest BCUT2D eigenvalue weighted by molar-refractivity contribution is -0.131. The van der Waals surface area contributed by atoms with Gasteiger partial charge in [0.15, 0.2) is 0 Å². The molecule has 25 heavy (non-hydrogen) atoms. The molecule has 3 amide bonds. The molecule has 7 heteroatoms. The maximum absolute atomic E-state index is 12.7. The lowest BCUT2D eigenvalue weighted by Crippen LogP contribution is -2.40. The SMILES string of the molecule is COc1ccc([C@@]2(C)NC(=O)N(/N=C/c3ccc(O)cc3)C2=O)cc1. The summed E-state index contributed by atoms with van der Waals surface area (Å²) < 4.78 is 5.11. The molecule has 0 aromatic heterocycles. The molecule has 0 spiro atoms. The largest absolute Gasteiger partial charge is 0.508 e. The third-order valence-electron chi connectivity index (χ3n) is 4.05. The smallest absolute Gasteiger partial charge is 0.346 e. The number of phenolic OH excluding ortho intramolecular Hbond substituents is 1. The van der Waals surface area contributed by atoms with Crippen LogP contribution < -0.4 is 10.1 Å². The predicted octanol–water partition coefficient (Wildman–Crippen LogP) is 2.20. The van der Waals surface area contributed by atoms with Crippen molar-refractivity contribution in [2.24, 2.45) is 5.10 Å². The van der Waals surface area contributed by atoms with Crippen LogP contribution in [0, 0.1) is 0 Å². The summed E-state index contributed by atoms with van der Waals surface area (Å²) in [6.45, 7) is 1.63. The molecule has 1 saturated heterocycles. The van der Waals surface area contributed by atoms with Gasteiger partial charge < -0.3 is 15.2 Å². The number of phenols is 1. The topological polar surface area (TPSA) is 91.2 Å². The molecule has 0 saturated carbocycles. The second kappa shape index (κ2) is 6.27. The number of hydrogen-bond donors (Lipinski definition) is 2. The first-order valence-corrected chi connectivity index (χ1v) is 7.58. The Morgan fingerprint density at radius 2 is 1.76 bits per heavy atom. The highest BCUT2D eigenvalue weighted by Crippen LogP contribution is 2.30. The van der Waals surface area contributed by atoms with E-state index in [2.05, 4.69) is 10.4 Å². The zero-order valence-electron chi connectivity index (χ0n) is 13.8. The highest BCUT2D eigenvalue weighted by molar-refractivity contribution is 6.07. The molecular weight excluding hydrogens is 322 g/mol. The summed E-state index contributed by atoms with van der Waals surface area (Å²) in [6.07, 6.45) is 1.39. The van der Waals surface area contributed by atoms with Crippen LogP contribution in [0.4, 0.5) is 4.79 Å². The minimum Gasteiger partial charge on any atom is -0.508 e. The summed E-state index contributed by atoms with van der Waals surface area (Å²) in [5.41, 5.74) is 0.0841. The molecule has 2 N–H and O–H groups in total. The van der Waals surface area contributed by atoms with Gasteiger partial charge in [-0.25, -0.2) is 4.79 Å². The first kappa shape index (κ1) is 16.5. The molecular formula is C18H17N3O4. The number of nitrogens with zero attached hydrogens (tertiary/aromatic N) is 2. The fraction of sp³-hybridized carbons (Fsp3) is 0.167. The van der Waals surface area contributed by atoms with Gasteiger partial charge >= 0.3 is 6.03 Å². The van der Waals surface area contributed by atoms with Gasteiger partial charge in [-0.15, -0.1) is 5.01 Å². The van der Waals surface area contributed by atoms with Gasteiger partial charge in [0.05, 0.1) is 13.3 Å². The summed E-state index contributed by atoms with van der Waals surface area (Å²) in [7, 11) is 1.55. The summed E-state index contributed by atoms with van der Waals surface area (Å²) >= 11 is 0. The Morgan fingerprint density at radius 3 is 2.36 bits per heavy atom. The van der Waals surface area contributed by atoms with Gasteiger partial charge in [0, 0.05) is 0 Å². The Kier molecular flexibility index (Phi) is 4.14. The molecule has 128 valence electrons. The van der Waals surface area contributed by atoms with Crippen LogP contribution in [0.2, 0.25) is 0 Å². The highest BCUT2D eigenvalue weighted by atomic mass is 16.5. The maximum Gasteiger partial charge on any atom is 0.346 e. The quantitative estimate of drug-likeness (QED) is 0.660. The number of benzene rings is 2. The van der Waals surface area contributed by atoms with E-state index in [1.165, 1.54) is 18.3 Å². The van der Waals surface area contributed by atoms with E-state index in [9.17, 15) is 14.7 Å². The van der Waals surface area contributed by atoms with Crippen LogP contribution in [0.25, 0.3) is 0 Å². The van der Waals surface area contributed by atoms with Crippen molar-refractivity contribution in [1.29, 1.82) is 0 Å². The van der Waals surface area contributed by atoms with E-state index in [-0.39, 0.29) is 5.75 Å². The van der Waals surface area contributed by atoms with Crippen molar-refractivity contribution in [3.63, 3.8) is 0 Å². The molecule has 1 heterocycles. The van der Waals surface area contributed by atoms with Crippen molar-refractivity contribution in [3.8, 4) is 11.5 Å². The minimum absolute atomic E-state index is 0.124. The van der Waals surface area contributed by atoms with Crippen molar-refractivity contribution in [1.82, 2.24) is 10.3 Å². The number of methoxy groups -OCH3 is 1. The number of carbonyl (C=O) groups excluding carboxylic acids is 2. The fourth-order valence-electron chi connectivity index (χ4n) is 2.53. The molecule has 0 radical (unpaired) electrons. The number of hydrogen-bond acceptors (Lipinski definition) is 5. The molecule has 1 aliphatic heterocycles. The monoisotopic (exact) mass is 339 g/mol. The van der Waals surface area contributed by atoms with E-state index in [1.54, 1.807) is 50.4 Å². The first-order chi connectivity index (χ1) is 11.9. The maximum atomic E-state index is 12.7. The fourth-order valence-corrected chi connectivity index (χ4v) is 2.53. The zero-order valence-corrected chi connectivity index (χ0v) is 13.8. The van der Waals surface area contributed by atoms with E-state index < -0.39 is 17.5 Å². The predicted molar refractivity (Wildman–Crippen MR) is 91.4 cm³/mol. The Labute approximate surface area is 144 Å². The zero-order chi connectivity index (χ0) is 18.0. The van der Waals surface area contributed by atoms with E-state index in [4.69, 9.17) is 4.74 Å². The lowest BCUT2D eigenvalue weighted by Gasteiger charge is -2.21. The minimum atomic E-state index is -1.20. The third-order valence-corrected chi connectivity index (χ3v) is 4.05. The second-order valence-corrected chi connectivity index (χ2v) is 5.74. The second-order valence-electron chi connectivity index (χ2n) is 5.74. The van der Waals surface area contributed by atoms with Crippen LogP contribution in [0.5, 0.6) is 11.5 Å². The molecule has 1 fully saturated rings. The summed E-state index contributed by atoms with van der Waals surface area (Å²) in [5.74, 6) is 0.309. The Balaban J connectivity index is 1.84. The molecule has 0 unspecified atom stereocenters. The number of nitrogens with one attached hydrogen (secondary N) is 1. The van der Waals surface area contributed by atoms with Crippen molar-refractivity contribution in [2.45, 2.75) is 12.5 Å². The van der Waals surface area contributed by atoms with Crippen molar-refractivity contribution in [2.75, 3.05) is 7.11 Å². The van der Waals surface area contributed by atoms with Gasteiger partial charge in [-0.3, -0.25) is 4.79 Å². The number of carbonyl (C=O) groups is 2. The Bertz CT molecular complexity index is 830. The number of amides is 3. The standard InChI is InChI=1S/C18H17N3O4/c1-18(13-5-9-15(25-2)10-6-13)16(23)21(17(24)20-18)19-11-12-3-7-14(22)8-4-12/h3-11,22H,1-2H3,(H,20,24)/b19-11+/t18-/m1/s1. The first-order valence-electron chi connectivity index (χ1n) is 7.58. The number of aromatic hydroxyl groups is 1. The molecule has 2 aromatic rings. The molecule has 7 nitrogen and oxygen atoms in total. The van der Waals surface area contributed by atoms with E-state index in [0.29, 0.717) is 16.9 Å². The molecule has 1 aliphatic rings. The van der Waals surface area contributed by atoms with Gasteiger partial charge in [-0.05, 0) is 54.4 Å². The van der Waals surface area contributed by atoms with Crippen LogP contribution in [-0.2, 0) is 10.3 Å². The molecule has 3 rings (SSSR count). The van der Waals surface area contributed by atoms with Crippen molar-refractivity contribution in [3.05, 3.63) is 59.7 Å². The highest BCUT2D eigenvalue weighted by Gasteiger charge is 2.49. The number of urea groups is 1. The van der Waals surface area contributed by atoms with E-state index in [0.717, 1.165) is 5.01 Å². The average Bonchev–Trinajstić information content (AvgIpc) is 2.84. The van der Waals surface area contributed by atoms with Crippen molar-refractivity contribution < 1.29 is 19.4 Å². The average molecular weight is 339 g/mol. The number of imide groups is 1. The van der Waals surface area contributed by atoms with E-state index >= 15 is 0 Å². The van der Waals surface area contributed by atoms with Crippen molar-refractivity contribution >= 4 is 18.2 Å². The lowest BCUT2D eigenvalue weighted by atomic mass is 9.92.